The van der Waals surface area contributed by atoms with Gasteiger partial charge in [0.05, 0.1) is 16.7 Å². The lowest BCUT2D eigenvalue weighted by molar-refractivity contribution is 0.0893. The molecule has 36 heavy (non-hydrogen) atoms. The summed E-state index contributed by atoms with van der Waals surface area (Å²) >= 11 is 0. The second-order valence-corrected chi connectivity index (χ2v) is 8.79. The predicted molar refractivity (Wildman–Crippen MR) is 136 cm³/mol. The number of rotatable bonds is 1. The fourth-order valence-electron chi connectivity index (χ4n) is 5.31. The van der Waals surface area contributed by atoms with E-state index in [1.165, 1.54) is 9.30 Å². The van der Waals surface area contributed by atoms with Crippen molar-refractivity contribution in [1.82, 2.24) is 19.4 Å². The summed E-state index contributed by atoms with van der Waals surface area (Å²) < 4.78 is 1.47. The molecule has 4 aromatic carbocycles. The molecule has 0 spiro atoms. The smallest absolute Gasteiger partial charge is 0.266 e. The number of hydrogen-bond acceptors (Lipinski definition) is 6. The van der Waals surface area contributed by atoms with Gasteiger partial charge in [-0.15, -0.1) is 0 Å². The summed E-state index contributed by atoms with van der Waals surface area (Å²) in [7, 11) is 0. The molecule has 3 aromatic heterocycles. The Kier molecular flexibility index (Phi) is 3.43. The second-order valence-electron chi connectivity index (χ2n) is 8.79. The number of anilines is 1. The van der Waals surface area contributed by atoms with E-state index in [1.807, 2.05) is 30.3 Å². The average Bonchev–Trinajstić information content (AvgIpc) is 3.28. The van der Waals surface area contributed by atoms with E-state index in [9.17, 15) is 14.4 Å². The number of benzene rings is 4. The molecular formula is C28H13N5O3. The molecule has 0 aliphatic carbocycles. The Balaban J connectivity index is 1.51. The van der Waals surface area contributed by atoms with Crippen molar-refractivity contribution in [2.24, 2.45) is 0 Å². The number of pyridine rings is 1. The molecule has 4 heterocycles. The fraction of sp³-hybridized carbons (Fsp3) is 0. The first-order valence-electron chi connectivity index (χ1n) is 11.4. The zero-order valence-electron chi connectivity index (χ0n) is 18.5. The van der Waals surface area contributed by atoms with Crippen molar-refractivity contribution in [1.29, 1.82) is 0 Å². The van der Waals surface area contributed by atoms with Gasteiger partial charge in [0.15, 0.2) is 16.9 Å². The Morgan fingerprint density at radius 3 is 1.92 bits per heavy atom. The number of aromatic nitrogens is 4. The van der Waals surface area contributed by atoms with E-state index in [2.05, 4.69) is 15.0 Å². The van der Waals surface area contributed by atoms with Crippen LogP contribution >= 0.6 is 0 Å². The molecule has 1 aliphatic rings. The number of amides is 2. The minimum Gasteiger partial charge on any atom is -0.268 e. The SMILES string of the molecule is O=C1c2ccc3c(=O)n4c5nc6ccccc6nc5nc4c4ccc(c2c34)C(=O)N1c1ccccc1. The highest BCUT2D eigenvalue weighted by Gasteiger charge is 2.35. The molecule has 0 N–H and O–H groups in total. The first kappa shape index (κ1) is 19.1. The lowest BCUT2D eigenvalue weighted by Crippen LogP contribution is -2.40. The molecule has 0 atom stereocenters. The number of carbonyl (C=O) groups excluding carboxylic acids is 2. The largest absolute Gasteiger partial charge is 0.268 e. The summed E-state index contributed by atoms with van der Waals surface area (Å²) in [4.78, 5) is 55.9. The van der Waals surface area contributed by atoms with Gasteiger partial charge in [0.25, 0.3) is 17.4 Å². The normalized spacial score (nSPS) is 13.7. The standard InChI is InChI=1S/C28H13N5O3/c34-26-17-11-10-15-21-16(12-13-18(22(17)21)27(35)32(26)14-6-2-1-3-7-14)28(36)33-24(15)31-23-25(33)30-20-9-5-4-8-19(20)29-23/h1-13H. The van der Waals surface area contributed by atoms with Crippen LogP contribution in [0.1, 0.15) is 20.7 Å². The topological polar surface area (TPSA) is 97.5 Å². The van der Waals surface area contributed by atoms with Crippen LogP contribution in [0.25, 0.3) is 49.5 Å². The first-order valence-corrected chi connectivity index (χ1v) is 11.4. The Morgan fingerprint density at radius 2 is 1.19 bits per heavy atom. The Labute approximate surface area is 201 Å². The maximum absolute atomic E-state index is 13.8. The lowest BCUT2D eigenvalue weighted by atomic mass is 9.90. The highest BCUT2D eigenvalue weighted by Crippen LogP contribution is 2.38. The maximum Gasteiger partial charge on any atom is 0.266 e. The van der Waals surface area contributed by atoms with Gasteiger partial charge in [0.1, 0.15) is 0 Å². The van der Waals surface area contributed by atoms with Crippen molar-refractivity contribution < 1.29 is 9.59 Å². The Bertz CT molecular complexity index is 2150. The van der Waals surface area contributed by atoms with E-state index in [0.717, 1.165) is 0 Å². The second kappa shape index (κ2) is 6.45. The minimum atomic E-state index is -0.427. The molecule has 8 rings (SSSR count). The van der Waals surface area contributed by atoms with Gasteiger partial charge in [-0.05, 0) is 48.5 Å². The quantitative estimate of drug-likeness (QED) is 0.333. The van der Waals surface area contributed by atoms with Crippen LogP contribution in [0.2, 0.25) is 0 Å². The van der Waals surface area contributed by atoms with Gasteiger partial charge in [-0.1, -0.05) is 30.3 Å². The van der Waals surface area contributed by atoms with Gasteiger partial charge < -0.3 is 0 Å². The summed E-state index contributed by atoms with van der Waals surface area (Å²) in [5.74, 6) is -0.855. The Hall–Kier alpha value is -5.24. The van der Waals surface area contributed by atoms with Crippen LogP contribution in [0.3, 0.4) is 0 Å². The monoisotopic (exact) mass is 467 g/mol. The highest BCUT2D eigenvalue weighted by molar-refractivity contribution is 6.38. The van der Waals surface area contributed by atoms with Crippen LogP contribution in [0.5, 0.6) is 0 Å². The van der Waals surface area contributed by atoms with E-state index in [4.69, 9.17) is 0 Å². The van der Waals surface area contributed by atoms with Crippen molar-refractivity contribution >= 4 is 67.0 Å². The highest BCUT2D eigenvalue weighted by atomic mass is 16.2. The molecule has 8 nitrogen and oxygen atoms in total. The summed E-state index contributed by atoms with van der Waals surface area (Å²) in [6, 6.07) is 23.0. The number of para-hydroxylation sites is 3. The molecule has 0 unspecified atom stereocenters. The molecule has 0 radical (unpaired) electrons. The molecule has 8 heteroatoms. The van der Waals surface area contributed by atoms with Crippen molar-refractivity contribution in [3.05, 3.63) is 100 Å². The predicted octanol–water partition coefficient (Wildman–Crippen LogP) is 4.34. The van der Waals surface area contributed by atoms with Crippen LogP contribution in [-0.2, 0) is 0 Å². The molecule has 0 saturated heterocycles. The molecule has 1 aliphatic heterocycles. The Morgan fingerprint density at radius 1 is 0.556 bits per heavy atom. The van der Waals surface area contributed by atoms with Crippen molar-refractivity contribution in [3.63, 3.8) is 0 Å². The van der Waals surface area contributed by atoms with Gasteiger partial charge in [-0.3, -0.25) is 14.4 Å². The van der Waals surface area contributed by atoms with E-state index in [0.29, 0.717) is 66.3 Å². The van der Waals surface area contributed by atoms with Crippen LogP contribution in [0.4, 0.5) is 5.69 Å². The summed E-state index contributed by atoms with van der Waals surface area (Å²) in [5.41, 5.74) is 3.38. The van der Waals surface area contributed by atoms with Gasteiger partial charge in [-0.2, -0.15) is 0 Å². The number of fused-ring (bicyclic) bond motifs is 5. The number of imidazole rings is 1. The van der Waals surface area contributed by atoms with Crippen LogP contribution in [-0.4, -0.2) is 31.2 Å². The molecule has 7 aromatic rings. The summed E-state index contributed by atoms with van der Waals surface area (Å²) in [5, 5.41) is 2.07. The number of nitrogens with zero attached hydrogens (tertiary/aromatic N) is 5. The van der Waals surface area contributed by atoms with Crippen molar-refractivity contribution in [2.45, 2.75) is 0 Å². The third-order valence-corrected chi connectivity index (χ3v) is 6.89. The molecule has 2 amide bonds. The molecule has 0 saturated carbocycles. The lowest BCUT2D eigenvalue weighted by Gasteiger charge is -2.27. The third kappa shape index (κ3) is 2.23. The molecule has 0 fully saturated rings. The van der Waals surface area contributed by atoms with Crippen molar-refractivity contribution in [2.75, 3.05) is 4.90 Å². The third-order valence-electron chi connectivity index (χ3n) is 6.89. The number of hydrogen-bond donors (Lipinski definition) is 0. The minimum absolute atomic E-state index is 0.321. The molecule has 0 bridgehead atoms. The van der Waals surface area contributed by atoms with Crippen LogP contribution in [0, 0.1) is 0 Å². The average molecular weight is 467 g/mol. The summed E-state index contributed by atoms with van der Waals surface area (Å²) in [6.45, 7) is 0. The van der Waals surface area contributed by atoms with E-state index in [1.54, 1.807) is 48.5 Å². The zero-order valence-corrected chi connectivity index (χ0v) is 18.5. The molecular weight excluding hydrogens is 454 g/mol. The first-order chi connectivity index (χ1) is 17.6. The van der Waals surface area contributed by atoms with E-state index in [-0.39, 0.29) is 5.56 Å². The summed E-state index contributed by atoms with van der Waals surface area (Å²) in [6.07, 6.45) is 0. The number of carbonyl (C=O) groups is 2. The molecule has 168 valence electrons. The van der Waals surface area contributed by atoms with Gasteiger partial charge in [0, 0.05) is 32.7 Å². The van der Waals surface area contributed by atoms with E-state index >= 15 is 0 Å². The number of imide groups is 1. The zero-order chi connectivity index (χ0) is 24.1. The maximum atomic E-state index is 13.8. The van der Waals surface area contributed by atoms with Gasteiger partial charge in [-0.25, -0.2) is 24.3 Å². The van der Waals surface area contributed by atoms with Crippen molar-refractivity contribution in [3.8, 4) is 0 Å². The van der Waals surface area contributed by atoms with Crippen LogP contribution < -0.4 is 10.5 Å². The fourth-order valence-corrected chi connectivity index (χ4v) is 5.31. The van der Waals surface area contributed by atoms with Gasteiger partial charge in [0.2, 0.25) is 0 Å². The van der Waals surface area contributed by atoms with E-state index < -0.39 is 11.8 Å². The van der Waals surface area contributed by atoms with Gasteiger partial charge >= 0.3 is 0 Å². The van der Waals surface area contributed by atoms with Crippen LogP contribution in [0.15, 0.2) is 83.7 Å².